The van der Waals surface area contributed by atoms with Crippen LogP contribution in [0, 0.1) is 6.92 Å². The average Bonchev–Trinajstić information content (AvgIpc) is 2.61. The topological polar surface area (TPSA) is 43.8 Å². The van der Waals surface area contributed by atoms with Crippen molar-refractivity contribution in [1.29, 1.82) is 0 Å². The fourth-order valence-electron chi connectivity index (χ4n) is 2.70. The van der Waals surface area contributed by atoms with Crippen molar-refractivity contribution in [1.82, 2.24) is 9.78 Å². The molecular weight excluding hydrogens is 198 g/mol. The van der Waals surface area contributed by atoms with Gasteiger partial charge in [0.1, 0.15) is 0 Å². The van der Waals surface area contributed by atoms with Crippen molar-refractivity contribution in [2.45, 2.75) is 64.5 Å². The lowest BCUT2D eigenvalue weighted by Gasteiger charge is -2.23. The molecule has 1 unspecified atom stereocenters. The third kappa shape index (κ3) is 2.46. The molecule has 3 nitrogen and oxygen atoms in total. The summed E-state index contributed by atoms with van der Waals surface area (Å²) in [4.78, 5) is 0. The van der Waals surface area contributed by atoms with Crippen LogP contribution < -0.4 is 5.73 Å². The van der Waals surface area contributed by atoms with Gasteiger partial charge in [0.25, 0.3) is 0 Å². The van der Waals surface area contributed by atoms with Gasteiger partial charge in [-0.05, 0) is 38.7 Å². The molecule has 1 heterocycles. The predicted octanol–water partition coefficient (Wildman–Crippen LogP) is 2.59. The fourth-order valence-corrected chi connectivity index (χ4v) is 2.70. The van der Waals surface area contributed by atoms with Crippen molar-refractivity contribution in [3.05, 3.63) is 17.5 Å². The second kappa shape index (κ2) is 5.00. The van der Waals surface area contributed by atoms with Gasteiger partial charge in [-0.1, -0.05) is 19.3 Å². The maximum atomic E-state index is 5.84. The fraction of sp³-hybridized carbons (Fsp3) is 0.769. The molecule has 0 aromatic carbocycles. The Bertz CT molecular complexity index is 335. The van der Waals surface area contributed by atoms with Crippen molar-refractivity contribution in [2.24, 2.45) is 5.73 Å². The molecule has 3 heteroatoms. The number of hydrogen-bond acceptors (Lipinski definition) is 2. The molecule has 0 radical (unpaired) electrons. The summed E-state index contributed by atoms with van der Waals surface area (Å²) in [5.41, 5.74) is 8.49. The van der Waals surface area contributed by atoms with Crippen LogP contribution >= 0.6 is 0 Å². The standard InChI is InChI=1S/C13H23N3/c1-10(14)8-12-9-15-16(11(12)2)13-6-4-3-5-7-13/h9-10,13H,3-8,14H2,1-2H3. The molecule has 1 aliphatic rings. The summed E-state index contributed by atoms with van der Waals surface area (Å²) in [6.45, 7) is 4.23. The van der Waals surface area contributed by atoms with Crippen molar-refractivity contribution in [3.63, 3.8) is 0 Å². The van der Waals surface area contributed by atoms with Gasteiger partial charge < -0.3 is 5.73 Å². The Labute approximate surface area is 98.0 Å². The summed E-state index contributed by atoms with van der Waals surface area (Å²) in [6, 6.07) is 0.860. The van der Waals surface area contributed by atoms with Gasteiger partial charge in [0.15, 0.2) is 0 Å². The first kappa shape index (κ1) is 11.6. The molecule has 1 aromatic heterocycles. The van der Waals surface area contributed by atoms with Gasteiger partial charge in [-0.2, -0.15) is 5.10 Å². The highest BCUT2D eigenvalue weighted by Gasteiger charge is 2.18. The lowest BCUT2D eigenvalue weighted by atomic mass is 9.95. The van der Waals surface area contributed by atoms with E-state index in [2.05, 4.69) is 23.6 Å². The zero-order chi connectivity index (χ0) is 11.5. The molecule has 0 saturated heterocycles. The SMILES string of the molecule is Cc1c(CC(C)N)cnn1C1CCCCC1. The van der Waals surface area contributed by atoms with Gasteiger partial charge in [-0.15, -0.1) is 0 Å². The minimum absolute atomic E-state index is 0.225. The van der Waals surface area contributed by atoms with Gasteiger partial charge in [-0.3, -0.25) is 4.68 Å². The molecule has 1 aromatic rings. The zero-order valence-electron chi connectivity index (χ0n) is 10.4. The van der Waals surface area contributed by atoms with Gasteiger partial charge in [0.2, 0.25) is 0 Å². The van der Waals surface area contributed by atoms with Gasteiger partial charge in [0, 0.05) is 11.7 Å². The minimum atomic E-state index is 0.225. The summed E-state index contributed by atoms with van der Waals surface area (Å²) in [5, 5.41) is 4.55. The van der Waals surface area contributed by atoms with E-state index in [1.165, 1.54) is 43.4 Å². The van der Waals surface area contributed by atoms with Crippen LogP contribution in [-0.2, 0) is 6.42 Å². The highest BCUT2D eigenvalue weighted by atomic mass is 15.3. The quantitative estimate of drug-likeness (QED) is 0.852. The number of rotatable bonds is 3. The van der Waals surface area contributed by atoms with Gasteiger partial charge >= 0.3 is 0 Å². The van der Waals surface area contributed by atoms with Crippen molar-refractivity contribution in [3.8, 4) is 0 Å². The molecule has 0 aliphatic heterocycles. The van der Waals surface area contributed by atoms with Crippen LogP contribution in [0.3, 0.4) is 0 Å². The highest BCUT2D eigenvalue weighted by molar-refractivity contribution is 5.18. The molecule has 0 bridgehead atoms. The van der Waals surface area contributed by atoms with Crippen molar-refractivity contribution in [2.75, 3.05) is 0 Å². The van der Waals surface area contributed by atoms with E-state index in [0.29, 0.717) is 6.04 Å². The van der Waals surface area contributed by atoms with Crippen LogP contribution in [0.15, 0.2) is 6.20 Å². The Morgan fingerprint density at radius 3 is 2.75 bits per heavy atom. The number of hydrogen-bond donors (Lipinski definition) is 1. The number of nitrogens with two attached hydrogens (primary N) is 1. The van der Waals surface area contributed by atoms with Gasteiger partial charge in [-0.25, -0.2) is 0 Å². The molecule has 1 aliphatic carbocycles. The van der Waals surface area contributed by atoms with E-state index in [4.69, 9.17) is 5.73 Å². The average molecular weight is 221 g/mol. The van der Waals surface area contributed by atoms with E-state index < -0.39 is 0 Å². The van der Waals surface area contributed by atoms with E-state index in [1.807, 2.05) is 6.20 Å². The third-order valence-corrected chi connectivity index (χ3v) is 3.61. The summed E-state index contributed by atoms with van der Waals surface area (Å²) in [7, 11) is 0. The molecule has 0 spiro atoms. The first-order chi connectivity index (χ1) is 7.68. The maximum absolute atomic E-state index is 5.84. The molecule has 16 heavy (non-hydrogen) atoms. The zero-order valence-corrected chi connectivity index (χ0v) is 10.4. The monoisotopic (exact) mass is 221 g/mol. The second-order valence-electron chi connectivity index (χ2n) is 5.17. The van der Waals surface area contributed by atoms with E-state index in [0.717, 1.165) is 6.42 Å². The lowest BCUT2D eigenvalue weighted by molar-refractivity contribution is 0.324. The Morgan fingerprint density at radius 2 is 2.12 bits per heavy atom. The van der Waals surface area contributed by atoms with Crippen LogP contribution in [-0.4, -0.2) is 15.8 Å². The third-order valence-electron chi connectivity index (χ3n) is 3.61. The number of aromatic nitrogens is 2. The minimum Gasteiger partial charge on any atom is -0.328 e. The van der Waals surface area contributed by atoms with E-state index in [-0.39, 0.29) is 6.04 Å². The Hall–Kier alpha value is -0.830. The van der Waals surface area contributed by atoms with Crippen LogP contribution in [0.2, 0.25) is 0 Å². The molecule has 2 rings (SSSR count). The largest absolute Gasteiger partial charge is 0.328 e. The molecular formula is C13H23N3. The van der Waals surface area contributed by atoms with Crippen LogP contribution in [0.5, 0.6) is 0 Å². The van der Waals surface area contributed by atoms with E-state index >= 15 is 0 Å². The molecule has 1 atom stereocenters. The number of nitrogens with zero attached hydrogens (tertiary/aromatic N) is 2. The molecule has 90 valence electrons. The van der Waals surface area contributed by atoms with Crippen LogP contribution in [0.1, 0.15) is 56.3 Å². The Morgan fingerprint density at radius 1 is 1.44 bits per heavy atom. The Kier molecular flexibility index (Phi) is 3.64. The van der Waals surface area contributed by atoms with E-state index in [9.17, 15) is 0 Å². The second-order valence-corrected chi connectivity index (χ2v) is 5.17. The summed E-state index contributed by atoms with van der Waals surface area (Å²) >= 11 is 0. The molecule has 0 amide bonds. The summed E-state index contributed by atoms with van der Waals surface area (Å²) in [5.74, 6) is 0. The van der Waals surface area contributed by atoms with Gasteiger partial charge in [0.05, 0.1) is 12.2 Å². The molecule has 2 N–H and O–H groups in total. The highest BCUT2D eigenvalue weighted by Crippen LogP contribution is 2.29. The van der Waals surface area contributed by atoms with Crippen LogP contribution in [0.4, 0.5) is 0 Å². The van der Waals surface area contributed by atoms with Crippen molar-refractivity contribution < 1.29 is 0 Å². The molecule has 1 saturated carbocycles. The smallest absolute Gasteiger partial charge is 0.0525 e. The summed E-state index contributed by atoms with van der Waals surface area (Å²) in [6.07, 6.45) is 9.63. The van der Waals surface area contributed by atoms with Crippen molar-refractivity contribution >= 4 is 0 Å². The van der Waals surface area contributed by atoms with E-state index in [1.54, 1.807) is 0 Å². The lowest BCUT2D eigenvalue weighted by Crippen LogP contribution is -2.19. The molecule has 1 fully saturated rings. The predicted molar refractivity (Wildman–Crippen MR) is 66.4 cm³/mol. The first-order valence-corrected chi connectivity index (χ1v) is 6.47. The van der Waals surface area contributed by atoms with Crippen LogP contribution in [0.25, 0.3) is 0 Å². The normalized spacial score (nSPS) is 19.9. The Balaban J connectivity index is 2.12. The summed E-state index contributed by atoms with van der Waals surface area (Å²) < 4.78 is 2.23. The maximum Gasteiger partial charge on any atom is 0.0525 e. The first-order valence-electron chi connectivity index (χ1n) is 6.47.